The van der Waals surface area contributed by atoms with Gasteiger partial charge in [-0.05, 0) is 33.1 Å². The van der Waals surface area contributed by atoms with Gasteiger partial charge in [-0.2, -0.15) is 4.40 Å². The first-order valence-electron chi connectivity index (χ1n) is 6.22. The van der Waals surface area contributed by atoms with E-state index in [0.717, 1.165) is 24.6 Å². The van der Waals surface area contributed by atoms with Gasteiger partial charge < -0.3 is 4.90 Å². The van der Waals surface area contributed by atoms with Crippen LogP contribution in [-0.4, -0.2) is 33.7 Å². The van der Waals surface area contributed by atoms with Crippen molar-refractivity contribution >= 4 is 17.2 Å². The minimum Gasteiger partial charge on any atom is -0.373 e. The Morgan fingerprint density at radius 2 is 2.24 bits per heavy atom. The molecule has 0 bridgehead atoms. The highest BCUT2D eigenvalue weighted by atomic mass is 32.2. The summed E-state index contributed by atoms with van der Waals surface area (Å²) in [5.41, 5.74) is 1.09. The Hall–Kier alpha value is -0.640. The normalized spacial score (nSPS) is 23.9. The molecule has 2 atom stereocenters. The van der Waals surface area contributed by atoms with Crippen molar-refractivity contribution < 1.29 is 4.21 Å². The first kappa shape index (κ1) is 14.4. The van der Waals surface area contributed by atoms with Crippen LogP contribution < -0.4 is 0 Å². The lowest BCUT2D eigenvalue weighted by Crippen LogP contribution is -2.29. The van der Waals surface area contributed by atoms with Crippen molar-refractivity contribution in [1.29, 1.82) is 0 Å². The maximum atomic E-state index is 11.8. The number of hydrogen-bond donors (Lipinski definition) is 0. The number of rotatable bonds is 3. The van der Waals surface area contributed by atoms with Crippen LogP contribution >= 0.6 is 0 Å². The fourth-order valence-electron chi connectivity index (χ4n) is 1.72. The Kier molecular flexibility index (Phi) is 4.92. The van der Waals surface area contributed by atoms with Crippen molar-refractivity contribution in [2.24, 2.45) is 10.3 Å². The summed E-state index contributed by atoms with van der Waals surface area (Å²) in [6.45, 7) is 9.10. The summed E-state index contributed by atoms with van der Waals surface area (Å²) in [6, 6.07) is 0. The van der Waals surface area contributed by atoms with Gasteiger partial charge in [0, 0.05) is 13.6 Å². The van der Waals surface area contributed by atoms with E-state index < -0.39 is 11.0 Å². The standard InChI is InChI=1S/C13H24N2OS/c1-6-11-7-8-12(15(5)10-11)9-14-17(16)13(2,3)4/h8-9,11H,6-7,10H2,1-5H3. The van der Waals surface area contributed by atoms with Crippen LogP contribution in [0.15, 0.2) is 16.2 Å². The van der Waals surface area contributed by atoms with Gasteiger partial charge in [0.25, 0.3) is 0 Å². The van der Waals surface area contributed by atoms with E-state index in [9.17, 15) is 4.21 Å². The molecular weight excluding hydrogens is 232 g/mol. The molecule has 0 N–H and O–H groups in total. The fourth-order valence-corrected chi connectivity index (χ4v) is 2.24. The molecule has 0 aromatic rings. The molecule has 17 heavy (non-hydrogen) atoms. The van der Waals surface area contributed by atoms with E-state index in [-0.39, 0.29) is 4.75 Å². The first-order chi connectivity index (χ1) is 7.84. The molecule has 0 aliphatic carbocycles. The summed E-state index contributed by atoms with van der Waals surface area (Å²) in [5.74, 6) is 0.741. The average Bonchev–Trinajstić information content (AvgIpc) is 2.25. The summed E-state index contributed by atoms with van der Waals surface area (Å²) >= 11 is 0. The van der Waals surface area contributed by atoms with E-state index in [1.165, 1.54) is 6.42 Å². The molecule has 2 unspecified atom stereocenters. The molecule has 0 radical (unpaired) electrons. The number of nitrogens with zero attached hydrogens (tertiary/aromatic N) is 2. The van der Waals surface area contributed by atoms with Gasteiger partial charge >= 0.3 is 0 Å². The second-order valence-electron chi connectivity index (χ2n) is 5.62. The predicted molar refractivity (Wildman–Crippen MR) is 75.5 cm³/mol. The molecule has 1 aliphatic heterocycles. The van der Waals surface area contributed by atoms with Crippen LogP contribution in [0.25, 0.3) is 0 Å². The third kappa shape index (κ3) is 4.26. The van der Waals surface area contributed by atoms with Gasteiger partial charge in [-0.1, -0.05) is 19.4 Å². The van der Waals surface area contributed by atoms with Crippen molar-refractivity contribution in [3.8, 4) is 0 Å². The molecule has 1 heterocycles. The van der Waals surface area contributed by atoms with Gasteiger partial charge in [0.05, 0.1) is 16.7 Å². The molecule has 0 aromatic carbocycles. The lowest BCUT2D eigenvalue weighted by Gasteiger charge is -2.29. The summed E-state index contributed by atoms with van der Waals surface area (Å²) in [4.78, 5) is 2.20. The Balaban J connectivity index is 2.67. The van der Waals surface area contributed by atoms with E-state index >= 15 is 0 Å². The van der Waals surface area contributed by atoms with E-state index in [0.29, 0.717) is 0 Å². The van der Waals surface area contributed by atoms with Crippen molar-refractivity contribution in [3.05, 3.63) is 11.8 Å². The average molecular weight is 256 g/mol. The lowest BCUT2D eigenvalue weighted by atomic mass is 9.98. The summed E-state index contributed by atoms with van der Waals surface area (Å²) < 4.78 is 15.7. The quantitative estimate of drug-likeness (QED) is 0.727. The van der Waals surface area contributed by atoms with Crippen LogP contribution in [0, 0.1) is 5.92 Å². The first-order valence-corrected chi connectivity index (χ1v) is 7.32. The van der Waals surface area contributed by atoms with Gasteiger partial charge in [0.15, 0.2) is 0 Å². The highest BCUT2D eigenvalue weighted by Crippen LogP contribution is 2.20. The second-order valence-corrected chi connectivity index (χ2v) is 7.55. The molecule has 1 aliphatic rings. The fraction of sp³-hybridized carbons (Fsp3) is 0.769. The van der Waals surface area contributed by atoms with Gasteiger partial charge in [0.1, 0.15) is 11.0 Å². The molecule has 1 rings (SSSR count). The number of allylic oxidation sites excluding steroid dienone is 2. The van der Waals surface area contributed by atoms with Crippen molar-refractivity contribution in [2.75, 3.05) is 13.6 Å². The highest BCUT2D eigenvalue weighted by molar-refractivity contribution is 7.85. The van der Waals surface area contributed by atoms with Crippen LogP contribution in [0.4, 0.5) is 0 Å². The topological polar surface area (TPSA) is 32.7 Å². The van der Waals surface area contributed by atoms with E-state index in [1.807, 2.05) is 20.8 Å². The molecule has 3 nitrogen and oxygen atoms in total. The summed E-state index contributed by atoms with van der Waals surface area (Å²) in [6.07, 6.45) is 6.26. The zero-order chi connectivity index (χ0) is 13.1. The number of hydrogen-bond acceptors (Lipinski definition) is 2. The molecule has 0 saturated heterocycles. The zero-order valence-electron chi connectivity index (χ0n) is 11.6. The molecule has 4 heteroatoms. The Bertz CT molecular complexity index is 342. The lowest BCUT2D eigenvalue weighted by molar-refractivity contribution is 0.316. The Morgan fingerprint density at radius 1 is 1.59 bits per heavy atom. The third-order valence-corrected chi connectivity index (χ3v) is 4.36. The largest absolute Gasteiger partial charge is 0.373 e. The van der Waals surface area contributed by atoms with Crippen molar-refractivity contribution in [2.45, 2.75) is 45.3 Å². The van der Waals surface area contributed by atoms with Crippen LogP contribution in [0.2, 0.25) is 0 Å². The zero-order valence-corrected chi connectivity index (χ0v) is 12.4. The van der Waals surface area contributed by atoms with E-state index in [4.69, 9.17) is 0 Å². The van der Waals surface area contributed by atoms with Gasteiger partial charge in [-0.3, -0.25) is 0 Å². The minimum absolute atomic E-state index is 0.281. The van der Waals surface area contributed by atoms with Crippen LogP contribution in [0.1, 0.15) is 40.5 Å². The maximum Gasteiger partial charge on any atom is 0.144 e. The van der Waals surface area contributed by atoms with Crippen molar-refractivity contribution in [1.82, 2.24) is 4.90 Å². The smallest absolute Gasteiger partial charge is 0.144 e. The molecule has 0 amide bonds. The second kappa shape index (κ2) is 5.80. The molecule has 98 valence electrons. The Labute approximate surface area is 108 Å². The van der Waals surface area contributed by atoms with E-state index in [2.05, 4.69) is 29.3 Å². The molecule has 0 fully saturated rings. The van der Waals surface area contributed by atoms with Gasteiger partial charge in [-0.25, -0.2) is 4.21 Å². The summed E-state index contributed by atoms with van der Waals surface area (Å²) in [5, 5.41) is 0. The highest BCUT2D eigenvalue weighted by Gasteiger charge is 2.19. The van der Waals surface area contributed by atoms with Crippen LogP contribution in [0.5, 0.6) is 0 Å². The molecular formula is C13H24N2OS. The SMILES string of the molecule is CCC1CC=C(C=NS(=O)C(C)(C)C)N(C)C1. The van der Waals surface area contributed by atoms with Crippen molar-refractivity contribution in [3.63, 3.8) is 0 Å². The molecule has 0 saturated carbocycles. The Morgan fingerprint density at radius 3 is 2.71 bits per heavy atom. The monoisotopic (exact) mass is 256 g/mol. The van der Waals surface area contributed by atoms with Gasteiger partial charge in [0.2, 0.25) is 0 Å². The molecule has 0 spiro atoms. The minimum atomic E-state index is -1.16. The molecule has 0 aromatic heterocycles. The third-order valence-electron chi connectivity index (χ3n) is 3.02. The van der Waals surface area contributed by atoms with E-state index in [1.54, 1.807) is 6.21 Å². The van der Waals surface area contributed by atoms with Crippen LogP contribution in [0.3, 0.4) is 0 Å². The van der Waals surface area contributed by atoms with Crippen LogP contribution in [-0.2, 0) is 11.0 Å². The maximum absolute atomic E-state index is 11.8. The predicted octanol–water partition coefficient (Wildman–Crippen LogP) is 2.77. The van der Waals surface area contributed by atoms with Gasteiger partial charge in [-0.15, -0.1) is 0 Å². The summed E-state index contributed by atoms with van der Waals surface area (Å²) in [7, 11) is 0.907.